The lowest BCUT2D eigenvalue weighted by molar-refractivity contribution is -0.142. The van der Waals surface area contributed by atoms with Crippen LogP contribution in [0, 0.1) is 18.8 Å². The first-order valence-corrected chi connectivity index (χ1v) is 9.08. The Morgan fingerprint density at radius 3 is 2.54 bits per heavy atom. The molecule has 1 atom stereocenters. The van der Waals surface area contributed by atoms with Gasteiger partial charge in [-0.1, -0.05) is 44.2 Å². The number of hydrogen-bond acceptors (Lipinski definition) is 3. The van der Waals surface area contributed by atoms with E-state index in [1.807, 2.05) is 32.0 Å². The summed E-state index contributed by atoms with van der Waals surface area (Å²) in [6.07, 6.45) is 0.669. The molecule has 0 saturated heterocycles. The lowest BCUT2D eigenvalue weighted by atomic mass is 9.96. The quantitative estimate of drug-likeness (QED) is 0.695. The van der Waals surface area contributed by atoms with Crippen LogP contribution in [0.15, 0.2) is 42.5 Å². The second kappa shape index (κ2) is 9.39. The number of methoxy groups -OCH3 is 1. The smallest absolute Gasteiger partial charge is 0.307 e. The Balaban J connectivity index is 2.14. The number of benzene rings is 2. The van der Waals surface area contributed by atoms with Crippen LogP contribution in [0.1, 0.15) is 31.4 Å². The molecule has 0 radical (unpaired) electrons. The van der Waals surface area contributed by atoms with E-state index in [4.69, 9.17) is 4.74 Å². The van der Waals surface area contributed by atoms with Crippen molar-refractivity contribution in [2.24, 2.45) is 11.8 Å². The normalized spacial score (nSPS) is 12.2. The molecule has 26 heavy (non-hydrogen) atoms. The molecule has 2 N–H and O–H groups in total. The number of aryl methyl sites for hydroxylation is 1. The average molecular weight is 355 g/mol. The van der Waals surface area contributed by atoms with Gasteiger partial charge in [-0.3, -0.25) is 4.79 Å². The van der Waals surface area contributed by atoms with Crippen molar-refractivity contribution < 1.29 is 14.6 Å². The molecule has 2 aromatic rings. The van der Waals surface area contributed by atoms with Crippen molar-refractivity contribution in [3.63, 3.8) is 0 Å². The molecule has 0 aliphatic heterocycles. The largest absolute Gasteiger partial charge is 0.496 e. The minimum absolute atomic E-state index is 0.358. The minimum atomic E-state index is -0.744. The van der Waals surface area contributed by atoms with Crippen molar-refractivity contribution >= 4 is 5.97 Å². The van der Waals surface area contributed by atoms with Crippen molar-refractivity contribution in [2.45, 2.75) is 33.7 Å². The first kappa shape index (κ1) is 20.0. The zero-order chi connectivity index (χ0) is 19.1. The van der Waals surface area contributed by atoms with E-state index >= 15 is 0 Å². The summed E-state index contributed by atoms with van der Waals surface area (Å²) in [5.41, 5.74) is 4.58. The SMILES string of the molecule is COc1ccc(-c2ccccc2C)cc1CNCC(CC(C)C)C(=O)O. The van der Waals surface area contributed by atoms with Crippen molar-refractivity contribution in [3.8, 4) is 16.9 Å². The van der Waals surface area contributed by atoms with E-state index in [1.165, 1.54) is 11.1 Å². The second-order valence-corrected chi connectivity index (χ2v) is 7.14. The first-order valence-electron chi connectivity index (χ1n) is 9.08. The summed E-state index contributed by atoms with van der Waals surface area (Å²) in [7, 11) is 1.66. The van der Waals surface area contributed by atoms with Crippen LogP contribution in [0.3, 0.4) is 0 Å². The maximum Gasteiger partial charge on any atom is 0.307 e. The van der Waals surface area contributed by atoms with Crippen molar-refractivity contribution in [2.75, 3.05) is 13.7 Å². The topological polar surface area (TPSA) is 58.6 Å². The Hall–Kier alpha value is -2.33. The molecule has 4 heteroatoms. The third-order valence-corrected chi connectivity index (χ3v) is 4.55. The Morgan fingerprint density at radius 1 is 1.19 bits per heavy atom. The summed E-state index contributed by atoms with van der Waals surface area (Å²) in [5, 5.41) is 12.7. The standard InChI is InChI=1S/C22H29NO3/c1-15(2)11-19(22(24)25)14-23-13-18-12-17(9-10-21(18)26-4)20-8-6-5-7-16(20)3/h5-10,12,15,19,23H,11,13-14H2,1-4H3,(H,24,25). The highest BCUT2D eigenvalue weighted by atomic mass is 16.5. The lowest BCUT2D eigenvalue weighted by Crippen LogP contribution is -2.29. The van der Waals surface area contributed by atoms with Gasteiger partial charge >= 0.3 is 5.97 Å². The Morgan fingerprint density at radius 2 is 1.92 bits per heavy atom. The van der Waals surface area contributed by atoms with E-state index < -0.39 is 5.97 Å². The summed E-state index contributed by atoms with van der Waals surface area (Å²) in [5.74, 6) is 0.0507. The maximum absolute atomic E-state index is 11.4. The molecule has 0 aromatic heterocycles. The van der Waals surface area contributed by atoms with Gasteiger partial charge in [0.1, 0.15) is 5.75 Å². The van der Waals surface area contributed by atoms with Crippen LogP contribution in [0.4, 0.5) is 0 Å². The van der Waals surface area contributed by atoms with Crippen molar-refractivity contribution in [1.82, 2.24) is 5.32 Å². The molecule has 0 amide bonds. The van der Waals surface area contributed by atoms with Gasteiger partial charge < -0.3 is 15.2 Å². The fourth-order valence-corrected chi connectivity index (χ4v) is 3.20. The molecular weight excluding hydrogens is 326 g/mol. The van der Waals surface area contributed by atoms with Gasteiger partial charge in [0.2, 0.25) is 0 Å². The molecule has 0 bridgehead atoms. The number of carboxylic acids is 1. The summed E-state index contributed by atoms with van der Waals surface area (Å²) in [4.78, 5) is 11.4. The number of carbonyl (C=O) groups is 1. The van der Waals surface area contributed by atoms with Gasteiger partial charge in [-0.2, -0.15) is 0 Å². The van der Waals surface area contributed by atoms with E-state index in [-0.39, 0.29) is 5.92 Å². The van der Waals surface area contributed by atoms with Crippen molar-refractivity contribution in [1.29, 1.82) is 0 Å². The Bertz CT molecular complexity index is 740. The van der Waals surface area contributed by atoms with E-state index in [1.54, 1.807) is 7.11 Å². The van der Waals surface area contributed by atoms with Gasteiger partial charge in [-0.15, -0.1) is 0 Å². The molecule has 2 rings (SSSR count). The fourth-order valence-electron chi connectivity index (χ4n) is 3.20. The van der Waals surface area contributed by atoms with Crippen LogP contribution in [0.25, 0.3) is 11.1 Å². The first-order chi connectivity index (χ1) is 12.4. The number of hydrogen-bond donors (Lipinski definition) is 2. The zero-order valence-electron chi connectivity index (χ0n) is 16.1. The molecule has 0 saturated carbocycles. The number of nitrogens with one attached hydrogen (secondary N) is 1. The number of aliphatic carboxylic acids is 1. The molecule has 140 valence electrons. The Kier molecular flexibility index (Phi) is 7.22. The van der Waals surface area contributed by atoms with E-state index in [0.717, 1.165) is 16.9 Å². The molecular formula is C22H29NO3. The van der Waals surface area contributed by atoms with Crippen molar-refractivity contribution in [3.05, 3.63) is 53.6 Å². The van der Waals surface area contributed by atoms with Gasteiger partial charge in [-0.25, -0.2) is 0 Å². The molecule has 4 nitrogen and oxygen atoms in total. The van der Waals surface area contributed by atoms with Gasteiger partial charge in [0, 0.05) is 18.7 Å². The highest BCUT2D eigenvalue weighted by Gasteiger charge is 2.18. The van der Waals surface area contributed by atoms with Crippen LogP contribution in [0.5, 0.6) is 5.75 Å². The predicted octanol–water partition coefficient (Wildman–Crippen LogP) is 4.51. The molecule has 1 unspecified atom stereocenters. The number of carboxylic acid groups (broad SMARTS) is 1. The lowest BCUT2D eigenvalue weighted by Gasteiger charge is -2.17. The van der Waals surface area contributed by atoms with Gasteiger partial charge in [0.05, 0.1) is 13.0 Å². The molecule has 2 aromatic carbocycles. The zero-order valence-corrected chi connectivity index (χ0v) is 16.1. The van der Waals surface area contributed by atoms with Crippen LogP contribution in [-0.2, 0) is 11.3 Å². The molecule has 0 aliphatic rings. The van der Waals surface area contributed by atoms with Crippen LogP contribution >= 0.6 is 0 Å². The monoisotopic (exact) mass is 355 g/mol. The highest BCUT2D eigenvalue weighted by Crippen LogP contribution is 2.28. The molecule has 0 spiro atoms. The third-order valence-electron chi connectivity index (χ3n) is 4.55. The van der Waals surface area contributed by atoms with Gasteiger partial charge in [-0.05, 0) is 48.1 Å². The maximum atomic E-state index is 11.4. The minimum Gasteiger partial charge on any atom is -0.496 e. The summed E-state index contributed by atoms with van der Waals surface area (Å²) in [6.45, 7) is 7.21. The third kappa shape index (κ3) is 5.33. The highest BCUT2D eigenvalue weighted by molar-refractivity contribution is 5.70. The molecule has 0 fully saturated rings. The van der Waals surface area contributed by atoms with Crippen LogP contribution in [-0.4, -0.2) is 24.7 Å². The fraction of sp³-hybridized carbons (Fsp3) is 0.409. The number of rotatable bonds is 9. The predicted molar refractivity (Wildman–Crippen MR) is 105 cm³/mol. The van der Waals surface area contributed by atoms with E-state index in [0.29, 0.717) is 25.4 Å². The van der Waals surface area contributed by atoms with Gasteiger partial charge in [0.25, 0.3) is 0 Å². The van der Waals surface area contributed by atoms with E-state index in [9.17, 15) is 9.90 Å². The molecule has 0 heterocycles. The van der Waals surface area contributed by atoms with Crippen LogP contribution < -0.4 is 10.1 Å². The summed E-state index contributed by atoms with van der Waals surface area (Å²) in [6, 6.07) is 14.4. The Labute approximate surface area is 156 Å². The molecule has 0 aliphatic carbocycles. The van der Waals surface area contributed by atoms with Crippen LogP contribution in [0.2, 0.25) is 0 Å². The van der Waals surface area contributed by atoms with E-state index in [2.05, 4.69) is 36.5 Å². The van der Waals surface area contributed by atoms with Gasteiger partial charge in [0.15, 0.2) is 0 Å². The summed E-state index contributed by atoms with van der Waals surface area (Å²) >= 11 is 0. The number of ether oxygens (including phenoxy) is 1. The second-order valence-electron chi connectivity index (χ2n) is 7.14. The summed E-state index contributed by atoms with van der Waals surface area (Å²) < 4.78 is 5.48. The average Bonchev–Trinajstić information content (AvgIpc) is 2.60.